The number of carboxylic acid groups (broad SMARTS) is 1. The van der Waals surface area contributed by atoms with Crippen molar-refractivity contribution in [2.24, 2.45) is 17.5 Å². The number of carbonyl (C=O) groups excluding carboxylic acids is 2. The van der Waals surface area contributed by atoms with Crippen molar-refractivity contribution in [1.82, 2.24) is 25.2 Å². The zero-order chi connectivity index (χ0) is 26.9. The van der Waals surface area contributed by atoms with Crippen molar-refractivity contribution in [2.45, 2.75) is 36.7 Å². The van der Waals surface area contributed by atoms with Crippen molar-refractivity contribution >= 4 is 64.0 Å². The predicted octanol–water partition coefficient (Wildman–Crippen LogP) is 3.37. The normalized spacial score (nSPS) is 18.4. The molecule has 1 fully saturated rings. The number of amides is 1. The van der Waals surface area contributed by atoms with E-state index in [1.165, 1.54) is 17.1 Å². The number of thioether (sulfide) groups is 1. The SMILES string of the molecule is Cn1nnnc1SC1C(=O)C(C)(C)C1=N[C@@H](Cc1ccc(NC(=O)c2c(Cl)cncc2Cl)cc1)C(=O)O. The lowest BCUT2D eigenvalue weighted by molar-refractivity contribution is -0.138. The van der Waals surface area contributed by atoms with Crippen LogP contribution in [0.15, 0.2) is 46.8 Å². The highest BCUT2D eigenvalue weighted by Crippen LogP contribution is 2.43. The molecule has 0 radical (unpaired) electrons. The predicted molar refractivity (Wildman–Crippen MR) is 138 cm³/mol. The van der Waals surface area contributed by atoms with E-state index in [0.717, 1.165) is 11.8 Å². The summed E-state index contributed by atoms with van der Waals surface area (Å²) in [4.78, 5) is 45.7. The Hall–Kier alpha value is -3.35. The van der Waals surface area contributed by atoms with E-state index in [0.29, 0.717) is 22.1 Å². The van der Waals surface area contributed by atoms with Crippen LogP contribution in [-0.4, -0.2) is 65.0 Å². The Bertz CT molecular complexity index is 1390. The van der Waals surface area contributed by atoms with Gasteiger partial charge in [-0.05, 0) is 42.0 Å². The van der Waals surface area contributed by atoms with Crippen molar-refractivity contribution in [1.29, 1.82) is 0 Å². The van der Waals surface area contributed by atoms with Gasteiger partial charge in [-0.2, -0.15) is 0 Å². The van der Waals surface area contributed by atoms with E-state index in [1.54, 1.807) is 45.2 Å². The summed E-state index contributed by atoms with van der Waals surface area (Å²) in [5.41, 5.74) is 0.843. The van der Waals surface area contributed by atoms with Gasteiger partial charge in [0.15, 0.2) is 11.8 Å². The summed E-state index contributed by atoms with van der Waals surface area (Å²) in [5.74, 6) is -1.69. The standard InChI is InChI=1S/C23H21Cl2N7O4S/c1-23(2)18(17(19(23)33)37-22-29-30-31-32(22)3)28-15(21(35)36)8-11-4-6-12(7-5-11)27-20(34)16-13(24)9-26-10-14(16)25/h4-7,9-10,15,17H,8H2,1-3H3,(H,27,34)(H,35,36)/t15-,17?/m0/s1. The Morgan fingerprint density at radius 2 is 1.86 bits per heavy atom. The first-order chi connectivity index (χ1) is 17.5. The van der Waals surface area contributed by atoms with Gasteiger partial charge in [-0.3, -0.25) is 19.6 Å². The number of aromatic nitrogens is 5. The number of nitrogens with zero attached hydrogens (tertiary/aromatic N) is 6. The molecule has 2 heterocycles. The highest BCUT2D eigenvalue weighted by molar-refractivity contribution is 8.01. The number of hydrogen-bond donors (Lipinski definition) is 2. The van der Waals surface area contributed by atoms with Crippen LogP contribution in [0, 0.1) is 5.41 Å². The van der Waals surface area contributed by atoms with Crippen molar-refractivity contribution in [3.8, 4) is 0 Å². The third kappa shape index (κ3) is 5.50. The van der Waals surface area contributed by atoms with Gasteiger partial charge >= 0.3 is 5.97 Å². The number of carboxylic acids is 1. The van der Waals surface area contributed by atoms with E-state index in [1.807, 2.05) is 0 Å². The van der Waals surface area contributed by atoms with Gasteiger partial charge in [0.25, 0.3) is 5.91 Å². The molecule has 1 unspecified atom stereocenters. The monoisotopic (exact) mass is 561 g/mol. The van der Waals surface area contributed by atoms with Gasteiger partial charge in [0.1, 0.15) is 5.25 Å². The van der Waals surface area contributed by atoms with Crippen LogP contribution >= 0.6 is 35.0 Å². The molecule has 14 heteroatoms. The van der Waals surface area contributed by atoms with Crippen LogP contribution in [0.2, 0.25) is 10.0 Å². The van der Waals surface area contributed by atoms with Crippen LogP contribution in [0.3, 0.4) is 0 Å². The minimum Gasteiger partial charge on any atom is -0.480 e. The number of halogens is 2. The number of ketones is 1. The molecule has 3 aromatic rings. The van der Waals surface area contributed by atoms with Gasteiger partial charge in [0.2, 0.25) is 5.16 Å². The molecule has 192 valence electrons. The third-order valence-corrected chi connectivity index (χ3v) is 7.65. The fraction of sp³-hybridized carbons (Fsp3) is 0.304. The number of aliphatic imine (C=N–C) groups is 1. The Kier molecular flexibility index (Phi) is 7.62. The number of benzene rings is 1. The van der Waals surface area contributed by atoms with Gasteiger partial charge in [-0.1, -0.05) is 47.1 Å². The second kappa shape index (κ2) is 10.6. The van der Waals surface area contributed by atoms with Gasteiger partial charge in [-0.15, -0.1) is 5.10 Å². The van der Waals surface area contributed by atoms with E-state index in [-0.39, 0.29) is 27.8 Å². The number of nitrogens with one attached hydrogen (secondary N) is 1. The maximum atomic E-state index is 12.7. The highest BCUT2D eigenvalue weighted by atomic mass is 35.5. The fourth-order valence-electron chi connectivity index (χ4n) is 3.72. The fourth-order valence-corrected chi connectivity index (χ4v) is 5.61. The Morgan fingerprint density at radius 1 is 1.22 bits per heavy atom. The molecule has 2 atom stereocenters. The van der Waals surface area contributed by atoms with Crippen molar-refractivity contribution in [2.75, 3.05) is 5.32 Å². The molecule has 4 rings (SSSR count). The molecule has 2 N–H and O–H groups in total. The molecule has 1 aliphatic rings. The molecule has 0 saturated heterocycles. The van der Waals surface area contributed by atoms with E-state index in [2.05, 4.69) is 30.8 Å². The molecular formula is C23H21Cl2N7O4S. The van der Waals surface area contributed by atoms with Crippen LogP contribution in [0.5, 0.6) is 0 Å². The summed E-state index contributed by atoms with van der Waals surface area (Å²) >= 11 is 13.2. The topological polar surface area (TPSA) is 152 Å². The number of carbonyl (C=O) groups is 3. The lowest BCUT2D eigenvalue weighted by Crippen LogP contribution is -2.58. The molecule has 1 saturated carbocycles. The molecule has 37 heavy (non-hydrogen) atoms. The van der Waals surface area contributed by atoms with Crippen LogP contribution < -0.4 is 5.32 Å². The molecule has 2 aromatic heterocycles. The number of aryl methyl sites for hydroxylation is 1. The second-order valence-corrected chi connectivity index (χ2v) is 10.7. The summed E-state index contributed by atoms with van der Waals surface area (Å²) in [5, 5.41) is 23.8. The summed E-state index contributed by atoms with van der Waals surface area (Å²) < 4.78 is 1.44. The number of hydrogen-bond acceptors (Lipinski definition) is 9. The zero-order valence-corrected chi connectivity index (χ0v) is 22.2. The number of aliphatic carboxylic acids is 1. The summed E-state index contributed by atoms with van der Waals surface area (Å²) in [6, 6.07) is 5.54. The maximum Gasteiger partial charge on any atom is 0.328 e. The lowest BCUT2D eigenvalue weighted by atomic mass is 9.68. The average Bonchev–Trinajstić information content (AvgIpc) is 3.25. The van der Waals surface area contributed by atoms with Crippen molar-refractivity contribution in [3.63, 3.8) is 0 Å². The minimum atomic E-state index is -1.12. The average molecular weight is 562 g/mol. The van der Waals surface area contributed by atoms with E-state index >= 15 is 0 Å². The Labute approximate surface area is 225 Å². The minimum absolute atomic E-state index is 0.0714. The Morgan fingerprint density at radius 3 is 2.43 bits per heavy atom. The molecule has 1 aromatic carbocycles. The number of tetrazole rings is 1. The van der Waals surface area contributed by atoms with Gasteiger partial charge in [0, 0.05) is 37.3 Å². The quantitative estimate of drug-likeness (QED) is 0.421. The molecule has 0 spiro atoms. The molecule has 0 aliphatic heterocycles. The third-order valence-electron chi connectivity index (χ3n) is 5.85. The second-order valence-electron chi connectivity index (χ2n) is 8.77. The van der Waals surface area contributed by atoms with Gasteiger partial charge in [-0.25, -0.2) is 9.48 Å². The lowest BCUT2D eigenvalue weighted by Gasteiger charge is -2.42. The van der Waals surface area contributed by atoms with Gasteiger partial charge in [0.05, 0.1) is 21.0 Å². The van der Waals surface area contributed by atoms with Crippen LogP contribution in [0.4, 0.5) is 5.69 Å². The van der Waals surface area contributed by atoms with E-state index in [9.17, 15) is 19.5 Å². The first-order valence-corrected chi connectivity index (χ1v) is 12.6. The summed E-state index contributed by atoms with van der Waals surface area (Å²) in [7, 11) is 1.65. The van der Waals surface area contributed by atoms with Crippen molar-refractivity contribution in [3.05, 3.63) is 57.8 Å². The number of Topliss-reactive ketones (excluding diaryl/α,β-unsaturated/α-hetero) is 1. The van der Waals surface area contributed by atoms with E-state index in [4.69, 9.17) is 23.2 Å². The molecular weight excluding hydrogens is 541 g/mol. The smallest absolute Gasteiger partial charge is 0.328 e. The molecule has 1 aliphatic carbocycles. The van der Waals surface area contributed by atoms with Crippen molar-refractivity contribution < 1.29 is 19.5 Å². The number of pyridine rings is 1. The van der Waals surface area contributed by atoms with Crippen LogP contribution in [0.1, 0.15) is 29.8 Å². The van der Waals surface area contributed by atoms with Crippen LogP contribution in [0.25, 0.3) is 0 Å². The maximum absolute atomic E-state index is 12.7. The summed E-state index contributed by atoms with van der Waals surface area (Å²) in [6.07, 6.45) is 2.73. The highest BCUT2D eigenvalue weighted by Gasteiger charge is 2.54. The Balaban J connectivity index is 1.49. The first-order valence-electron chi connectivity index (χ1n) is 10.9. The molecule has 0 bridgehead atoms. The molecule has 1 amide bonds. The molecule has 11 nitrogen and oxygen atoms in total. The van der Waals surface area contributed by atoms with Gasteiger partial charge < -0.3 is 10.4 Å². The van der Waals surface area contributed by atoms with E-state index < -0.39 is 28.6 Å². The van der Waals surface area contributed by atoms with Crippen LogP contribution in [-0.2, 0) is 23.1 Å². The largest absolute Gasteiger partial charge is 0.480 e. The number of rotatable bonds is 8. The zero-order valence-electron chi connectivity index (χ0n) is 19.8. The number of anilines is 1. The first kappa shape index (κ1) is 26.7. The summed E-state index contributed by atoms with van der Waals surface area (Å²) in [6.45, 7) is 3.44.